The second-order valence-corrected chi connectivity index (χ2v) is 4.53. The van der Waals surface area contributed by atoms with E-state index >= 15 is 0 Å². The number of hydrogen-bond donors (Lipinski definition) is 2. The molecule has 2 N–H and O–H groups in total. The predicted molar refractivity (Wildman–Crippen MR) is 82.0 cm³/mol. The summed E-state index contributed by atoms with van der Waals surface area (Å²) in [7, 11) is 0. The summed E-state index contributed by atoms with van der Waals surface area (Å²) < 4.78 is 0. The Labute approximate surface area is 123 Å². The van der Waals surface area contributed by atoms with Gasteiger partial charge in [-0.05, 0) is 42.8 Å². The summed E-state index contributed by atoms with van der Waals surface area (Å²) >= 11 is 0. The van der Waals surface area contributed by atoms with Crippen LogP contribution in [0, 0.1) is 18.8 Å². The Morgan fingerprint density at radius 1 is 1.33 bits per heavy atom. The first-order valence-corrected chi connectivity index (χ1v) is 6.63. The number of anilines is 1. The van der Waals surface area contributed by atoms with E-state index < -0.39 is 0 Å². The van der Waals surface area contributed by atoms with Gasteiger partial charge in [0.2, 0.25) is 0 Å². The molecule has 1 amide bonds. The van der Waals surface area contributed by atoms with Crippen LogP contribution in [-0.2, 0) is 0 Å². The molecule has 0 aliphatic carbocycles. The highest BCUT2D eigenvalue weighted by molar-refractivity contribution is 6.04. The van der Waals surface area contributed by atoms with E-state index in [-0.39, 0.29) is 12.5 Å². The lowest BCUT2D eigenvalue weighted by atomic mass is 10.1. The van der Waals surface area contributed by atoms with E-state index in [0.717, 1.165) is 11.1 Å². The van der Waals surface area contributed by atoms with Gasteiger partial charge >= 0.3 is 0 Å². The minimum Gasteiger partial charge on any atom is -0.395 e. The first-order chi connectivity index (χ1) is 10.2. The lowest BCUT2D eigenvalue weighted by Crippen LogP contribution is -2.13. The molecule has 4 nitrogen and oxygen atoms in total. The molecule has 2 aromatic rings. The maximum absolute atomic E-state index is 12.2. The van der Waals surface area contributed by atoms with Gasteiger partial charge in [-0.25, -0.2) is 4.98 Å². The van der Waals surface area contributed by atoms with Crippen molar-refractivity contribution in [1.29, 1.82) is 0 Å². The number of aromatic nitrogens is 1. The molecule has 106 valence electrons. The molecule has 0 unspecified atom stereocenters. The minimum absolute atomic E-state index is 0.0339. The van der Waals surface area contributed by atoms with Gasteiger partial charge in [-0.3, -0.25) is 4.79 Å². The number of aliphatic hydroxyl groups excluding tert-OH is 1. The minimum atomic E-state index is -0.223. The lowest BCUT2D eigenvalue weighted by molar-refractivity contribution is 0.102. The van der Waals surface area contributed by atoms with Crippen LogP contribution in [0.5, 0.6) is 0 Å². The summed E-state index contributed by atoms with van der Waals surface area (Å²) in [6, 6.07) is 10.7. The van der Waals surface area contributed by atoms with Crippen molar-refractivity contribution in [3.8, 4) is 11.8 Å². The van der Waals surface area contributed by atoms with Gasteiger partial charge in [0.15, 0.2) is 0 Å². The van der Waals surface area contributed by atoms with Crippen LogP contribution in [-0.4, -0.2) is 22.6 Å². The molecule has 21 heavy (non-hydrogen) atoms. The lowest BCUT2D eigenvalue weighted by Gasteiger charge is -2.05. The van der Waals surface area contributed by atoms with Crippen molar-refractivity contribution in [2.45, 2.75) is 13.3 Å². The molecule has 0 saturated carbocycles. The molecule has 0 saturated heterocycles. The Kier molecular flexibility index (Phi) is 5.08. The van der Waals surface area contributed by atoms with Gasteiger partial charge in [0, 0.05) is 23.7 Å². The smallest absolute Gasteiger partial charge is 0.256 e. The second kappa shape index (κ2) is 7.22. The number of pyridine rings is 1. The van der Waals surface area contributed by atoms with Gasteiger partial charge in [0.1, 0.15) is 5.82 Å². The Hall–Kier alpha value is -2.64. The summed E-state index contributed by atoms with van der Waals surface area (Å²) in [6.45, 7) is 1.97. The van der Waals surface area contributed by atoms with Crippen molar-refractivity contribution in [3.63, 3.8) is 0 Å². The number of hydrogen-bond acceptors (Lipinski definition) is 3. The van der Waals surface area contributed by atoms with Crippen LogP contribution in [0.15, 0.2) is 42.6 Å². The van der Waals surface area contributed by atoms with Crippen LogP contribution >= 0.6 is 0 Å². The molecule has 1 heterocycles. The number of benzene rings is 1. The van der Waals surface area contributed by atoms with Crippen LogP contribution in [0.4, 0.5) is 5.82 Å². The predicted octanol–water partition coefficient (Wildman–Crippen LogP) is 2.38. The van der Waals surface area contributed by atoms with Crippen molar-refractivity contribution in [2.75, 3.05) is 11.9 Å². The Bertz CT molecular complexity index is 699. The number of aryl methyl sites for hydroxylation is 1. The zero-order valence-corrected chi connectivity index (χ0v) is 11.8. The summed E-state index contributed by atoms with van der Waals surface area (Å²) in [4.78, 5) is 16.3. The summed E-state index contributed by atoms with van der Waals surface area (Å²) in [5.41, 5.74) is 2.30. The molecular formula is C17H16N2O2. The third-order valence-electron chi connectivity index (χ3n) is 2.75. The van der Waals surface area contributed by atoms with Crippen molar-refractivity contribution >= 4 is 11.7 Å². The van der Waals surface area contributed by atoms with E-state index in [1.165, 1.54) is 0 Å². The monoisotopic (exact) mass is 280 g/mol. The highest BCUT2D eigenvalue weighted by Crippen LogP contribution is 2.09. The highest BCUT2D eigenvalue weighted by Gasteiger charge is 2.07. The first kappa shape index (κ1) is 14.8. The summed E-state index contributed by atoms with van der Waals surface area (Å²) in [6.07, 6.45) is 2.07. The van der Waals surface area contributed by atoms with E-state index in [0.29, 0.717) is 17.8 Å². The first-order valence-electron chi connectivity index (χ1n) is 6.63. The number of nitrogens with zero attached hydrogens (tertiary/aromatic N) is 1. The zero-order valence-electron chi connectivity index (χ0n) is 11.8. The van der Waals surface area contributed by atoms with Crippen LogP contribution < -0.4 is 5.32 Å². The van der Waals surface area contributed by atoms with E-state index in [1.807, 2.05) is 25.1 Å². The molecule has 4 heteroatoms. The Morgan fingerprint density at radius 3 is 2.95 bits per heavy atom. The number of carbonyl (C=O) groups is 1. The standard InChI is InChI=1S/C17H16N2O2/c1-13-8-9-18-16(11-13)19-17(21)15-7-4-6-14(12-15)5-2-3-10-20/h4,6-9,11-12,20H,3,10H2,1H3,(H,18,19,21). The molecule has 1 aromatic carbocycles. The quantitative estimate of drug-likeness (QED) is 0.849. The largest absolute Gasteiger partial charge is 0.395 e. The fraction of sp³-hybridized carbons (Fsp3) is 0.176. The van der Waals surface area contributed by atoms with Gasteiger partial charge in [-0.2, -0.15) is 0 Å². The van der Waals surface area contributed by atoms with Crippen molar-refractivity contribution in [1.82, 2.24) is 4.98 Å². The molecule has 0 radical (unpaired) electrons. The number of carbonyl (C=O) groups excluding carboxylic acids is 1. The fourth-order valence-corrected chi connectivity index (χ4v) is 1.75. The van der Waals surface area contributed by atoms with E-state index in [1.54, 1.807) is 24.4 Å². The molecular weight excluding hydrogens is 264 g/mol. The van der Waals surface area contributed by atoms with Crippen LogP contribution in [0.3, 0.4) is 0 Å². The Balaban J connectivity index is 2.13. The number of amides is 1. The van der Waals surface area contributed by atoms with Crippen molar-refractivity contribution in [3.05, 3.63) is 59.3 Å². The average Bonchev–Trinajstić information content (AvgIpc) is 2.48. The van der Waals surface area contributed by atoms with Crippen LogP contribution in [0.25, 0.3) is 0 Å². The zero-order chi connectivity index (χ0) is 15.1. The summed E-state index contributed by atoms with van der Waals surface area (Å²) in [5.74, 6) is 6.04. The van der Waals surface area contributed by atoms with E-state index in [9.17, 15) is 4.79 Å². The third-order valence-corrected chi connectivity index (χ3v) is 2.75. The number of aliphatic hydroxyl groups is 1. The highest BCUT2D eigenvalue weighted by atomic mass is 16.2. The SMILES string of the molecule is Cc1ccnc(NC(=O)c2cccc(C#CCCO)c2)c1. The van der Waals surface area contributed by atoms with Gasteiger partial charge < -0.3 is 10.4 Å². The molecule has 1 aromatic heterocycles. The molecule has 0 atom stereocenters. The summed E-state index contributed by atoms with van der Waals surface area (Å²) in [5, 5.41) is 11.5. The molecule has 0 aliphatic heterocycles. The van der Waals surface area contributed by atoms with Crippen LogP contribution in [0.1, 0.15) is 27.9 Å². The topological polar surface area (TPSA) is 62.2 Å². The Morgan fingerprint density at radius 2 is 2.19 bits per heavy atom. The molecule has 2 rings (SSSR count). The van der Waals surface area contributed by atoms with Crippen molar-refractivity contribution in [2.24, 2.45) is 0 Å². The van der Waals surface area contributed by atoms with Gasteiger partial charge in [0.25, 0.3) is 5.91 Å². The van der Waals surface area contributed by atoms with Crippen LogP contribution in [0.2, 0.25) is 0 Å². The maximum Gasteiger partial charge on any atom is 0.256 e. The fourth-order valence-electron chi connectivity index (χ4n) is 1.75. The van der Waals surface area contributed by atoms with E-state index in [4.69, 9.17) is 5.11 Å². The average molecular weight is 280 g/mol. The number of rotatable bonds is 3. The van der Waals surface area contributed by atoms with Gasteiger partial charge in [0.05, 0.1) is 6.61 Å². The molecule has 0 bridgehead atoms. The number of nitrogens with one attached hydrogen (secondary N) is 1. The molecule has 0 spiro atoms. The molecule has 0 fully saturated rings. The van der Waals surface area contributed by atoms with Gasteiger partial charge in [-0.15, -0.1) is 0 Å². The maximum atomic E-state index is 12.2. The second-order valence-electron chi connectivity index (χ2n) is 4.53. The third kappa shape index (κ3) is 4.44. The van der Waals surface area contributed by atoms with E-state index in [2.05, 4.69) is 22.1 Å². The molecule has 0 aliphatic rings. The van der Waals surface area contributed by atoms with Crippen molar-refractivity contribution < 1.29 is 9.90 Å². The normalized spacial score (nSPS) is 9.62. The van der Waals surface area contributed by atoms with Gasteiger partial charge in [-0.1, -0.05) is 17.9 Å².